The topological polar surface area (TPSA) is 49.8 Å². The van der Waals surface area contributed by atoms with E-state index in [2.05, 4.69) is 31.9 Å². The molecule has 1 unspecified atom stereocenters. The van der Waals surface area contributed by atoms with Gasteiger partial charge in [-0.25, -0.2) is 0 Å². The zero-order valence-electron chi connectivity index (χ0n) is 11.4. The van der Waals surface area contributed by atoms with Crippen LogP contribution in [0.3, 0.4) is 0 Å². The van der Waals surface area contributed by atoms with Crippen LogP contribution in [0.1, 0.15) is 24.2 Å². The lowest BCUT2D eigenvalue weighted by Crippen LogP contribution is -2.54. The summed E-state index contributed by atoms with van der Waals surface area (Å²) in [5.41, 5.74) is 0.352. The van der Waals surface area contributed by atoms with Gasteiger partial charge in [0.05, 0.1) is 32.4 Å². The Kier molecular flexibility index (Phi) is 5.42. The van der Waals surface area contributed by atoms with E-state index in [-0.39, 0.29) is 24.1 Å². The van der Waals surface area contributed by atoms with E-state index in [1.54, 1.807) is 0 Å². The molecule has 112 valence electrons. The molecule has 2 rings (SSSR count). The van der Waals surface area contributed by atoms with Gasteiger partial charge in [-0.05, 0) is 51.8 Å². The summed E-state index contributed by atoms with van der Waals surface area (Å²) in [6.45, 7) is 5.52. The molecule has 1 N–H and O–H groups in total. The number of aliphatic hydroxyl groups excluding tert-OH is 1. The molecule has 1 atom stereocenters. The van der Waals surface area contributed by atoms with Gasteiger partial charge < -0.3 is 9.84 Å². The molecule has 20 heavy (non-hydrogen) atoms. The summed E-state index contributed by atoms with van der Waals surface area (Å²) in [6, 6.07) is 1.84. The molecule has 1 aliphatic heterocycles. The van der Waals surface area contributed by atoms with Gasteiger partial charge in [0.15, 0.2) is 5.78 Å². The minimum Gasteiger partial charge on any atom is -0.394 e. The first-order valence-electron chi connectivity index (χ1n) is 6.30. The number of morpholine rings is 1. The summed E-state index contributed by atoms with van der Waals surface area (Å²) >= 11 is 8.29. The third-order valence-corrected chi connectivity index (χ3v) is 5.42. The number of thiophene rings is 1. The number of ether oxygens (including phenoxy) is 1. The Balaban J connectivity index is 2.05. The van der Waals surface area contributed by atoms with Crippen LogP contribution >= 0.6 is 43.2 Å². The van der Waals surface area contributed by atoms with Crippen molar-refractivity contribution in [2.75, 3.05) is 26.2 Å². The number of hydrogen-bond donors (Lipinski definition) is 1. The van der Waals surface area contributed by atoms with Crippen LogP contribution in [-0.4, -0.2) is 53.7 Å². The van der Waals surface area contributed by atoms with Gasteiger partial charge in [0, 0.05) is 18.7 Å². The fraction of sp³-hybridized carbons (Fsp3) is 0.615. The third-order valence-electron chi connectivity index (χ3n) is 3.08. The van der Waals surface area contributed by atoms with E-state index >= 15 is 0 Å². The predicted molar refractivity (Wildman–Crippen MR) is 86.5 cm³/mol. The first-order valence-corrected chi connectivity index (χ1v) is 8.70. The molecule has 2 heterocycles. The second kappa shape index (κ2) is 6.54. The second-order valence-corrected chi connectivity index (χ2v) is 9.26. The average molecular weight is 427 g/mol. The van der Waals surface area contributed by atoms with E-state index in [1.165, 1.54) is 11.3 Å². The van der Waals surface area contributed by atoms with E-state index in [9.17, 15) is 9.90 Å². The molecule has 0 bridgehead atoms. The molecule has 1 aromatic heterocycles. The summed E-state index contributed by atoms with van der Waals surface area (Å²) < 4.78 is 7.53. The van der Waals surface area contributed by atoms with Crippen LogP contribution < -0.4 is 0 Å². The fourth-order valence-electron chi connectivity index (χ4n) is 2.45. The summed E-state index contributed by atoms with van der Waals surface area (Å²) in [5.74, 6) is 0.0771. The number of ketones is 1. The van der Waals surface area contributed by atoms with Crippen LogP contribution in [0.15, 0.2) is 13.6 Å². The standard InChI is InChI=1S/C13H17Br2NO3S/c1-13(2)7-16(4-8(6-17)19-13)5-10(18)9-3-11(14)20-12(9)15/h3,8,17H,4-7H2,1-2H3. The van der Waals surface area contributed by atoms with Crippen molar-refractivity contribution in [1.29, 1.82) is 0 Å². The molecule has 0 spiro atoms. The molecule has 1 aromatic rings. The Morgan fingerprint density at radius 2 is 2.30 bits per heavy atom. The highest BCUT2D eigenvalue weighted by Crippen LogP contribution is 2.32. The molecule has 0 saturated carbocycles. The van der Waals surface area contributed by atoms with Crippen LogP contribution in [0.4, 0.5) is 0 Å². The Morgan fingerprint density at radius 3 is 2.85 bits per heavy atom. The van der Waals surface area contributed by atoms with Crippen molar-refractivity contribution in [3.8, 4) is 0 Å². The molecule has 1 aliphatic rings. The summed E-state index contributed by atoms with van der Waals surface area (Å²) in [6.07, 6.45) is -0.232. The molecule has 1 fully saturated rings. The van der Waals surface area contributed by atoms with Crippen molar-refractivity contribution in [3.05, 3.63) is 19.2 Å². The van der Waals surface area contributed by atoms with Crippen molar-refractivity contribution >= 4 is 49.0 Å². The van der Waals surface area contributed by atoms with E-state index < -0.39 is 0 Å². The smallest absolute Gasteiger partial charge is 0.178 e. The first-order chi connectivity index (χ1) is 9.30. The summed E-state index contributed by atoms with van der Waals surface area (Å²) in [5, 5.41) is 9.29. The van der Waals surface area contributed by atoms with E-state index in [0.717, 1.165) is 7.57 Å². The monoisotopic (exact) mass is 425 g/mol. The predicted octanol–water partition coefficient (Wildman–Crippen LogP) is 2.93. The van der Waals surface area contributed by atoms with Crippen molar-refractivity contribution in [3.63, 3.8) is 0 Å². The van der Waals surface area contributed by atoms with Gasteiger partial charge in [0.2, 0.25) is 0 Å². The molecular formula is C13H17Br2NO3S. The lowest BCUT2D eigenvalue weighted by atomic mass is 10.0. The van der Waals surface area contributed by atoms with Gasteiger partial charge in [-0.1, -0.05) is 0 Å². The van der Waals surface area contributed by atoms with E-state index in [4.69, 9.17) is 4.74 Å². The van der Waals surface area contributed by atoms with E-state index in [1.807, 2.05) is 24.8 Å². The van der Waals surface area contributed by atoms with Gasteiger partial charge in [-0.3, -0.25) is 9.69 Å². The maximum absolute atomic E-state index is 12.4. The summed E-state index contributed by atoms with van der Waals surface area (Å²) in [7, 11) is 0. The Labute approximate surface area is 139 Å². The SMILES string of the molecule is CC1(C)CN(CC(=O)c2cc(Br)sc2Br)CC(CO)O1. The number of carbonyl (C=O) groups is 1. The van der Waals surface area contributed by atoms with Crippen LogP contribution in [0.5, 0.6) is 0 Å². The normalized spacial score (nSPS) is 22.9. The Morgan fingerprint density at radius 1 is 1.60 bits per heavy atom. The minimum absolute atomic E-state index is 0.0260. The molecule has 0 aromatic carbocycles. The van der Waals surface area contributed by atoms with Gasteiger partial charge in [0.1, 0.15) is 0 Å². The van der Waals surface area contributed by atoms with Gasteiger partial charge >= 0.3 is 0 Å². The molecule has 4 nitrogen and oxygen atoms in total. The van der Waals surface area contributed by atoms with Crippen LogP contribution in [0.2, 0.25) is 0 Å². The third kappa shape index (κ3) is 4.11. The molecule has 0 amide bonds. The largest absolute Gasteiger partial charge is 0.394 e. The Hall–Kier alpha value is 0.210. The first kappa shape index (κ1) is 16.6. The maximum Gasteiger partial charge on any atom is 0.178 e. The van der Waals surface area contributed by atoms with Gasteiger partial charge in [0.25, 0.3) is 0 Å². The van der Waals surface area contributed by atoms with Crippen molar-refractivity contribution in [2.45, 2.75) is 25.6 Å². The average Bonchev–Trinajstić information content (AvgIpc) is 2.66. The Bertz CT molecular complexity index is 504. The number of carbonyl (C=O) groups excluding carboxylic acids is 1. The number of Topliss-reactive ketones (excluding diaryl/α,β-unsaturated/α-hetero) is 1. The zero-order valence-corrected chi connectivity index (χ0v) is 15.3. The number of halogens is 2. The molecule has 1 saturated heterocycles. The van der Waals surface area contributed by atoms with Crippen LogP contribution in [0.25, 0.3) is 0 Å². The number of aliphatic hydroxyl groups is 1. The molecule has 0 aliphatic carbocycles. The zero-order chi connectivity index (χ0) is 14.9. The van der Waals surface area contributed by atoms with E-state index in [0.29, 0.717) is 25.2 Å². The lowest BCUT2D eigenvalue weighted by molar-refractivity contribution is -0.146. The number of nitrogens with zero attached hydrogens (tertiary/aromatic N) is 1. The van der Waals surface area contributed by atoms with Crippen molar-refractivity contribution in [1.82, 2.24) is 4.90 Å². The lowest BCUT2D eigenvalue weighted by Gasteiger charge is -2.42. The number of hydrogen-bond acceptors (Lipinski definition) is 5. The highest BCUT2D eigenvalue weighted by Gasteiger charge is 2.34. The second-order valence-electron chi connectivity index (χ2n) is 5.51. The van der Waals surface area contributed by atoms with Crippen LogP contribution in [0, 0.1) is 0 Å². The van der Waals surface area contributed by atoms with Crippen molar-refractivity contribution in [2.24, 2.45) is 0 Å². The fourth-order valence-corrected chi connectivity index (χ4v) is 5.31. The molecule has 7 heteroatoms. The summed E-state index contributed by atoms with van der Waals surface area (Å²) in [4.78, 5) is 14.4. The number of rotatable bonds is 4. The van der Waals surface area contributed by atoms with Crippen molar-refractivity contribution < 1.29 is 14.6 Å². The van der Waals surface area contributed by atoms with Gasteiger partial charge in [-0.15, -0.1) is 11.3 Å². The van der Waals surface area contributed by atoms with Crippen LogP contribution in [-0.2, 0) is 4.74 Å². The quantitative estimate of drug-likeness (QED) is 0.752. The maximum atomic E-state index is 12.4. The molecule has 0 radical (unpaired) electrons. The highest BCUT2D eigenvalue weighted by atomic mass is 79.9. The van der Waals surface area contributed by atoms with Gasteiger partial charge in [-0.2, -0.15) is 0 Å². The molecular weight excluding hydrogens is 410 g/mol. The highest BCUT2D eigenvalue weighted by molar-refractivity contribution is 9.12. The minimum atomic E-state index is -0.349.